The van der Waals surface area contributed by atoms with Crippen LogP contribution >= 0.6 is 40.4 Å². The van der Waals surface area contributed by atoms with Crippen molar-refractivity contribution in [2.24, 2.45) is 0 Å². The maximum atomic E-state index is 13.0. The van der Waals surface area contributed by atoms with Gasteiger partial charge in [0.25, 0.3) is 5.91 Å². The Labute approximate surface area is 222 Å². The molecule has 1 saturated heterocycles. The molecule has 2 unspecified atom stereocenters. The molecule has 0 radical (unpaired) electrons. The zero-order valence-corrected chi connectivity index (χ0v) is 24.2. The molecule has 2 aliphatic rings. The normalized spacial score (nSPS) is 19.3. The second-order valence-electron chi connectivity index (χ2n) is 8.06. The number of methoxy groups -OCH3 is 1. The van der Waals surface area contributed by atoms with Crippen LogP contribution in [0.2, 0.25) is 12.6 Å². The number of rotatable bonds is 5. The minimum Gasteiger partial charge on any atom is -0.504 e. The Morgan fingerprint density at radius 2 is 2.00 bits per heavy atom. The number of ether oxygens (including phenoxy) is 1. The SMILES string of the molecule is CC.COc1cc2c(cc1O)N(C)C1CB1C/C(c1ccc(SN(C)PI)cc1)=C\CNC2=O. The zero-order chi connectivity index (χ0) is 24.8. The van der Waals surface area contributed by atoms with Crippen molar-refractivity contribution in [1.82, 2.24) is 9.39 Å². The van der Waals surface area contributed by atoms with Gasteiger partial charge in [0.15, 0.2) is 18.2 Å². The van der Waals surface area contributed by atoms with Gasteiger partial charge in [-0.15, -0.1) is 0 Å². The molecule has 2 aromatic carbocycles. The van der Waals surface area contributed by atoms with Crippen LogP contribution in [0.4, 0.5) is 5.69 Å². The number of phenolic OH excluding ortho intramolecular Hbond substituents is 1. The number of amides is 1. The third-order valence-corrected chi connectivity index (χ3v) is 10.7. The standard InChI is InChI=1S/C22H26BIN3O3PS.C2H6/c1-26-18-11-19(28)20(30-3)10-17(18)22(29)25-9-8-15(12-23-13-21(23)26)14-4-6-16(7-5-14)32-27(2)31-24;1-2/h4-8,10-11,21,28,31H,9,12-13H2,1-3H3,(H,25,29);1-2H3/b15-8+;. The molecule has 182 valence electrons. The van der Waals surface area contributed by atoms with Crippen LogP contribution < -0.4 is 15.0 Å². The van der Waals surface area contributed by atoms with Crippen LogP contribution in [0.5, 0.6) is 11.5 Å². The molecule has 10 heteroatoms. The van der Waals surface area contributed by atoms with Gasteiger partial charge in [-0.05, 0) is 70.0 Å². The highest BCUT2D eigenvalue weighted by molar-refractivity contribution is 14.2. The summed E-state index contributed by atoms with van der Waals surface area (Å²) in [6.45, 7) is 4.96. The Morgan fingerprint density at radius 1 is 1.29 bits per heavy atom. The van der Waals surface area contributed by atoms with Crippen LogP contribution in [0.25, 0.3) is 5.57 Å². The van der Waals surface area contributed by atoms with Crippen LogP contribution in [-0.4, -0.2) is 55.5 Å². The lowest BCUT2D eigenvalue weighted by atomic mass is 9.62. The first-order chi connectivity index (χ1) is 16.4. The Hall–Kier alpha value is -1.42. The number of anilines is 1. The van der Waals surface area contributed by atoms with Gasteiger partial charge in [0, 0.05) is 38.0 Å². The molecule has 34 heavy (non-hydrogen) atoms. The first-order valence-electron chi connectivity index (χ1n) is 11.4. The summed E-state index contributed by atoms with van der Waals surface area (Å²) in [5.74, 6) is 0.513. The number of allylic oxidation sites excluding steroid dienone is 1. The molecule has 2 aliphatic heterocycles. The van der Waals surface area contributed by atoms with Crippen molar-refractivity contribution < 1.29 is 14.6 Å². The molecule has 0 saturated carbocycles. The predicted molar refractivity (Wildman–Crippen MR) is 156 cm³/mol. The first-order valence-corrected chi connectivity index (χ1v) is 16.2. The molecule has 0 spiro atoms. The molecule has 6 nitrogen and oxygen atoms in total. The molecule has 0 aromatic heterocycles. The second kappa shape index (κ2) is 12.5. The van der Waals surface area contributed by atoms with Gasteiger partial charge in [0.05, 0.1) is 18.4 Å². The average molecular weight is 611 g/mol. The molecule has 4 rings (SSSR count). The number of benzene rings is 2. The minimum atomic E-state index is -0.172. The number of phenols is 1. The fraction of sp³-hybridized carbons (Fsp3) is 0.375. The van der Waals surface area contributed by atoms with Gasteiger partial charge in [0.2, 0.25) is 0 Å². The maximum Gasteiger partial charge on any atom is 0.253 e. The predicted octanol–water partition coefficient (Wildman–Crippen LogP) is 5.99. The van der Waals surface area contributed by atoms with Crippen LogP contribution in [0.15, 0.2) is 47.4 Å². The van der Waals surface area contributed by atoms with Gasteiger partial charge in [-0.2, -0.15) is 0 Å². The van der Waals surface area contributed by atoms with Crippen LogP contribution in [0.3, 0.4) is 0 Å². The Bertz CT molecular complexity index is 1040. The third-order valence-electron chi connectivity index (χ3n) is 5.98. The van der Waals surface area contributed by atoms with Gasteiger partial charge in [-0.25, -0.2) is 4.08 Å². The molecule has 2 aromatic rings. The van der Waals surface area contributed by atoms with Gasteiger partial charge in [-0.3, -0.25) is 4.79 Å². The van der Waals surface area contributed by atoms with E-state index in [2.05, 4.69) is 73.7 Å². The maximum absolute atomic E-state index is 13.0. The topological polar surface area (TPSA) is 65.0 Å². The molecule has 2 atom stereocenters. The summed E-state index contributed by atoms with van der Waals surface area (Å²) >= 11 is 4.13. The summed E-state index contributed by atoms with van der Waals surface area (Å²) < 4.78 is 7.45. The second-order valence-corrected chi connectivity index (χ2v) is 11.9. The number of carbonyl (C=O) groups is 1. The summed E-state index contributed by atoms with van der Waals surface area (Å²) in [6, 6.07) is 12.0. The molecule has 2 N–H and O–H groups in total. The lowest BCUT2D eigenvalue weighted by Gasteiger charge is -2.24. The zero-order valence-electron chi connectivity index (χ0n) is 20.3. The van der Waals surface area contributed by atoms with Crippen LogP contribution in [0, 0.1) is 0 Å². The van der Waals surface area contributed by atoms with Crippen LogP contribution in [0.1, 0.15) is 29.8 Å². The summed E-state index contributed by atoms with van der Waals surface area (Å²) in [6.07, 6.45) is 4.89. The van der Waals surface area contributed by atoms with E-state index < -0.39 is 0 Å². The quantitative estimate of drug-likeness (QED) is 0.188. The van der Waals surface area contributed by atoms with Crippen molar-refractivity contribution in [3.8, 4) is 11.5 Å². The van der Waals surface area contributed by atoms with E-state index in [0.29, 0.717) is 30.5 Å². The first kappa shape index (κ1) is 27.2. The van der Waals surface area contributed by atoms with E-state index in [1.807, 2.05) is 20.9 Å². The number of carbonyl (C=O) groups excluding carboxylic acids is 1. The lowest BCUT2D eigenvalue weighted by Crippen LogP contribution is -2.29. The number of hydrogen-bond donors (Lipinski definition) is 2. The van der Waals surface area contributed by atoms with E-state index in [1.165, 1.54) is 23.1 Å². The summed E-state index contributed by atoms with van der Waals surface area (Å²) in [5, 5.41) is 13.3. The van der Waals surface area contributed by atoms with Crippen molar-refractivity contribution in [2.45, 2.75) is 37.3 Å². The van der Waals surface area contributed by atoms with Crippen molar-refractivity contribution in [1.29, 1.82) is 0 Å². The fourth-order valence-electron chi connectivity index (χ4n) is 4.17. The molecule has 0 bridgehead atoms. The van der Waals surface area contributed by atoms with E-state index in [1.54, 1.807) is 24.1 Å². The fourth-order valence-corrected chi connectivity index (χ4v) is 6.08. The lowest BCUT2D eigenvalue weighted by molar-refractivity contribution is 0.0958. The average Bonchev–Trinajstić information content (AvgIpc) is 3.63. The van der Waals surface area contributed by atoms with E-state index >= 15 is 0 Å². The molecular formula is C24H32BIN3O3PS. The molecule has 0 aliphatic carbocycles. The molecule has 1 fully saturated rings. The highest BCUT2D eigenvalue weighted by Crippen LogP contribution is 2.42. The van der Waals surface area contributed by atoms with Gasteiger partial charge < -0.3 is 20.1 Å². The highest BCUT2D eigenvalue weighted by Gasteiger charge is 2.45. The third kappa shape index (κ3) is 6.42. The largest absolute Gasteiger partial charge is 0.504 e. The van der Waals surface area contributed by atoms with E-state index in [0.717, 1.165) is 24.7 Å². The number of fused-ring (bicyclic) bond motifs is 2. The molecule has 1 amide bonds. The van der Waals surface area contributed by atoms with Gasteiger partial charge >= 0.3 is 0 Å². The van der Waals surface area contributed by atoms with E-state index in [9.17, 15) is 9.90 Å². The Balaban J connectivity index is 0.00000158. The number of halogens is 1. The monoisotopic (exact) mass is 611 g/mol. The Morgan fingerprint density at radius 3 is 2.65 bits per heavy atom. The summed E-state index contributed by atoms with van der Waals surface area (Å²) in [5.41, 5.74) is 3.72. The van der Waals surface area contributed by atoms with E-state index in [4.69, 9.17) is 4.74 Å². The van der Waals surface area contributed by atoms with Gasteiger partial charge in [-0.1, -0.05) is 43.9 Å². The number of hydrogen-bond acceptors (Lipinski definition) is 6. The van der Waals surface area contributed by atoms with Crippen molar-refractivity contribution in [3.63, 3.8) is 0 Å². The molecular weight excluding hydrogens is 579 g/mol. The summed E-state index contributed by atoms with van der Waals surface area (Å²) in [4.78, 5) is 16.3. The molecule has 2 heterocycles. The van der Waals surface area contributed by atoms with Crippen molar-refractivity contribution in [2.75, 3.05) is 32.6 Å². The number of nitrogens with one attached hydrogen (secondary N) is 1. The summed E-state index contributed by atoms with van der Waals surface area (Å²) in [7, 11) is 5.58. The number of aromatic hydroxyl groups is 1. The van der Waals surface area contributed by atoms with Crippen molar-refractivity contribution >= 4 is 64.2 Å². The smallest absolute Gasteiger partial charge is 0.253 e. The van der Waals surface area contributed by atoms with E-state index in [-0.39, 0.29) is 11.7 Å². The highest BCUT2D eigenvalue weighted by atomic mass is 127. The Kier molecular flexibility index (Phi) is 10.0. The van der Waals surface area contributed by atoms with Crippen LogP contribution in [-0.2, 0) is 0 Å². The number of nitrogens with zero attached hydrogens (tertiary/aromatic N) is 2. The van der Waals surface area contributed by atoms with Gasteiger partial charge in [0.1, 0.15) is 0 Å². The van der Waals surface area contributed by atoms with Crippen molar-refractivity contribution in [3.05, 3.63) is 53.6 Å². The minimum absolute atomic E-state index is 0.0449.